The molecular weight excluding hydrogens is 476 g/mol. The molecule has 2 aliphatic rings. The Morgan fingerprint density at radius 1 is 1.33 bits per heavy atom. The lowest BCUT2D eigenvalue weighted by molar-refractivity contribution is -0.0347. The summed E-state index contributed by atoms with van der Waals surface area (Å²) in [4.78, 5) is 41.4. The number of amides is 2. The largest absolute Gasteiger partial charge is 0.503 e. The third-order valence-corrected chi connectivity index (χ3v) is 7.07. The molecule has 2 unspecified atom stereocenters. The number of nitrogens with one attached hydrogen (secondary N) is 1. The summed E-state index contributed by atoms with van der Waals surface area (Å²) in [5.74, 6) is -3.79. The lowest BCUT2D eigenvalue weighted by Gasteiger charge is -2.50. The molecule has 2 amide bonds. The predicted molar refractivity (Wildman–Crippen MR) is 125 cm³/mol. The average molecular weight is 506 g/mol. The first-order chi connectivity index (χ1) is 17.1. The van der Waals surface area contributed by atoms with Crippen LogP contribution in [0.25, 0.3) is 0 Å². The Balaban J connectivity index is 1.77. The van der Waals surface area contributed by atoms with Crippen LogP contribution in [0.2, 0.25) is 0 Å². The van der Waals surface area contributed by atoms with Crippen LogP contribution < -0.4 is 10.7 Å². The zero-order valence-electron chi connectivity index (χ0n) is 20.4. The summed E-state index contributed by atoms with van der Waals surface area (Å²) in [6.45, 7) is 4.25. The summed E-state index contributed by atoms with van der Waals surface area (Å²) in [6.07, 6.45) is 1.05. The number of carbonyl (C=O) groups excluding carboxylic acids is 2. The number of hydrogen-bond acceptors (Lipinski definition) is 6. The van der Waals surface area contributed by atoms with Gasteiger partial charge in [0.15, 0.2) is 11.4 Å². The Morgan fingerprint density at radius 3 is 2.75 bits per heavy atom. The second kappa shape index (κ2) is 9.98. The molecule has 2 atom stereocenters. The Kier molecular flexibility index (Phi) is 7.14. The first kappa shape index (κ1) is 25.8. The summed E-state index contributed by atoms with van der Waals surface area (Å²) < 4.78 is 39.8. The van der Waals surface area contributed by atoms with Crippen LogP contribution in [0.15, 0.2) is 23.0 Å². The van der Waals surface area contributed by atoms with Gasteiger partial charge < -0.3 is 29.4 Å². The second-order valence-electron chi connectivity index (χ2n) is 9.24. The van der Waals surface area contributed by atoms with Gasteiger partial charge in [0.2, 0.25) is 5.43 Å². The van der Waals surface area contributed by atoms with Crippen LogP contribution >= 0.6 is 0 Å². The molecule has 2 N–H and O–H groups in total. The fourth-order valence-corrected chi connectivity index (χ4v) is 4.95. The lowest BCUT2D eigenvalue weighted by atomic mass is 9.87. The van der Waals surface area contributed by atoms with Crippen molar-refractivity contribution in [1.82, 2.24) is 14.8 Å². The fourth-order valence-electron chi connectivity index (χ4n) is 4.95. The number of halogens is 2. The first-order valence-electron chi connectivity index (χ1n) is 11.8. The maximum absolute atomic E-state index is 14.0. The van der Waals surface area contributed by atoms with Gasteiger partial charge in [0.1, 0.15) is 17.2 Å². The van der Waals surface area contributed by atoms with E-state index in [0.717, 1.165) is 6.07 Å². The standard InChI is InChI=1S/C25H29F2N3O6/c1-4-25-12-29(14(2)7-8-35-3)24(34)20-22(32)21(31)19(18(30(20)25)11-36-13-25)23(33)28-10-15-5-6-16(26)9-17(15)27/h5-6,9,14,32H,4,7-8,10-13H2,1-3H3,(H,28,33). The van der Waals surface area contributed by atoms with E-state index in [-0.39, 0.29) is 54.9 Å². The molecule has 36 heavy (non-hydrogen) atoms. The molecule has 0 spiro atoms. The molecule has 0 aliphatic carbocycles. The number of hydrogen-bond donors (Lipinski definition) is 2. The number of rotatable bonds is 8. The van der Waals surface area contributed by atoms with Gasteiger partial charge in [-0.25, -0.2) is 8.78 Å². The molecular formula is C25H29F2N3O6. The van der Waals surface area contributed by atoms with E-state index < -0.39 is 40.2 Å². The predicted octanol–water partition coefficient (Wildman–Crippen LogP) is 2.28. The number of aromatic hydroxyl groups is 1. The van der Waals surface area contributed by atoms with Crippen LogP contribution in [0, 0.1) is 11.6 Å². The number of pyridine rings is 1. The van der Waals surface area contributed by atoms with Crippen molar-refractivity contribution in [3.63, 3.8) is 0 Å². The Hall–Kier alpha value is -3.31. The van der Waals surface area contributed by atoms with E-state index in [2.05, 4.69) is 5.32 Å². The van der Waals surface area contributed by atoms with Crippen LogP contribution in [0.3, 0.4) is 0 Å². The third kappa shape index (κ3) is 4.26. The molecule has 0 bridgehead atoms. The quantitative estimate of drug-likeness (QED) is 0.570. The van der Waals surface area contributed by atoms with Gasteiger partial charge in [0.05, 0.1) is 24.4 Å². The summed E-state index contributed by atoms with van der Waals surface area (Å²) >= 11 is 0. The molecule has 2 aromatic rings. The van der Waals surface area contributed by atoms with Crippen molar-refractivity contribution in [1.29, 1.82) is 0 Å². The first-order valence-corrected chi connectivity index (χ1v) is 11.8. The average Bonchev–Trinajstić information content (AvgIpc) is 2.85. The molecule has 9 nitrogen and oxygen atoms in total. The van der Waals surface area contributed by atoms with Crippen LogP contribution in [0.1, 0.15) is 58.8 Å². The summed E-state index contributed by atoms with van der Waals surface area (Å²) in [5.41, 5.74) is -2.15. The van der Waals surface area contributed by atoms with Gasteiger partial charge in [0, 0.05) is 44.5 Å². The summed E-state index contributed by atoms with van der Waals surface area (Å²) in [6, 6.07) is 2.71. The van der Waals surface area contributed by atoms with Crippen LogP contribution in [0.5, 0.6) is 5.75 Å². The van der Waals surface area contributed by atoms with Crippen molar-refractivity contribution in [3.8, 4) is 5.75 Å². The summed E-state index contributed by atoms with van der Waals surface area (Å²) in [5, 5.41) is 13.4. The maximum atomic E-state index is 14.0. The smallest absolute Gasteiger partial charge is 0.274 e. The Morgan fingerprint density at radius 2 is 2.08 bits per heavy atom. The van der Waals surface area contributed by atoms with E-state index in [1.54, 1.807) is 16.6 Å². The van der Waals surface area contributed by atoms with Crippen LogP contribution in [0.4, 0.5) is 8.78 Å². The molecule has 0 fully saturated rings. The number of methoxy groups -OCH3 is 1. The highest BCUT2D eigenvalue weighted by Gasteiger charge is 2.49. The van der Waals surface area contributed by atoms with E-state index >= 15 is 0 Å². The molecule has 0 radical (unpaired) electrons. The second-order valence-corrected chi connectivity index (χ2v) is 9.24. The van der Waals surface area contributed by atoms with Gasteiger partial charge in [-0.2, -0.15) is 0 Å². The van der Waals surface area contributed by atoms with Crippen molar-refractivity contribution in [2.45, 2.75) is 51.4 Å². The number of aromatic nitrogens is 1. The molecule has 4 rings (SSSR count). The third-order valence-electron chi connectivity index (χ3n) is 7.07. The van der Waals surface area contributed by atoms with Gasteiger partial charge in [-0.05, 0) is 25.8 Å². The number of nitrogens with zero attached hydrogens (tertiary/aromatic N) is 2. The molecule has 194 valence electrons. The SMILES string of the molecule is CCC12COCc3c(C(=O)NCc4ccc(F)cc4F)c(=O)c(O)c(n31)C(=O)N(C(C)CCOC)C2. The monoisotopic (exact) mass is 505 g/mol. The minimum Gasteiger partial charge on any atom is -0.503 e. The highest BCUT2D eigenvalue weighted by Crippen LogP contribution is 2.39. The minimum absolute atomic E-state index is 0.0238. The molecule has 0 saturated heterocycles. The van der Waals surface area contributed by atoms with Gasteiger partial charge >= 0.3 is 0 Å². The van der Waals surface area contributed by atoms with Gasteiger partial charge in [-0.3, -0.25) is 14.4 Å². The fraction of sp³-hybridized carbons (Fsp3) is 0.480. The lowest BCUT2D eigenvalue weighted by Crippen LogP contribution is -2.61. The van der Waals surface area contributed by atoms with Crippen molar-refractivity contribution in [2.75, 3.05) is 26.9 Å². The van der Waals surface area contributed by atoms with Crippen molar-refractivity contribution >= 4 is 11.8 Å². The van der Waals surface area contributed by atoms with E-state index in [1.807, 2.05) is 13.8 Å². The van der Waals surface area contributed by atoms with Crippen LogP contribution in [-0.4, -0.2) is 59.3 Å². The number of carbonyl (C=O) groups is 2. The van der Waals surface area contributed by atoms with Crippen LogP contribution in [-0.2, 0) is 28.2 Å². The molecule has 1 aromatic heterocycles. The van der Waals surface area contributed by atoms with E-state index in [0.29, 0.717) is 25.5 Å². The highest BCUT2D eigenvalue weighted by atomic mass is 19.1. The minimum atomic E-state index is -1.01. The van der Waals surface area contributed by atoms with Gasteiger partial charge in [-0.1, -0.05) is 13.0 Å². The number of benzene rings is 1. The van der Waals surface area contributed by atoms with Gasteiger partial charge in [0.25, 0.3) is 11.8 Å². The Labute approximate surface area is 206 Å². The zero-order valence-corrected chi connectivity index (χ0v) is 20.4. The highest BCUT2D eigenvalue weighted by molar-refractivity contribution is 6.00. The van der Waals surface area contributed by atoms with Crippen molar-refractivity contribution in [3.05, 3.63) is 62.6 Å². The van der Waals surface area contributed by atoms with Crippen molar-refractivity contribution < 1.29 is 33.0 Å². The topological polar surface area (TPSA) is 110 Å². The number of ether oxygens (including phenoxy) is 2. The van der Waals surface area contributed by atoms with Gasteiger partial charge in [-0.15, -0.1) is 0 Å². The molecule has 2 aliphatic heterocycles. The van der Waals surface area contributed by atoms with E-state index in [4.69, 9.17) is 9.47 Å². The zero-order chi connectivity index (χ0) is 26.2. The van der Waals surface area contributed by atoms with Crippen molar-refractivity contribution in [2.24, 2.45) is 0 Å². The molecule has 3 heterocycles. The Bertz CT molecular complexity index is 1260. The molecule has 11 heteroatoms. The molecule has 0 saturated carbocycles. The molecule has 1 aromatic carbocycles. The summed E-state index contributed by atoms with van der Waals surface area (Å²) in [7, 11) is 1.57. The van der Waals surface area contributed by atoms with E-state index in [9.17, 15) is 28.3 Å². The maximum Gasteiger partial charge on any atom is 0.274 e. The normalized spacial score (nSPS) is 19.7. The van der Waals surface area contributed by atoms with E-state index in [1.165, 1.54) is 6.07 Å².